The second-order valence-electron chi connectivity index (χ2n) is 16.2. The zero-order valence-corrected chi connectivity index (χ0v) is 36.2. The monoisotopic (exact) mass is 877 g/mol. The van der Waals surface area contributed by atoms with Crippen molar-refractivity contribution in [2.24, 2.45) is 0 Å². The van der Waals surface area contributed by atoms with E-state index in [1.54, 1.807) is 48.5 Å². The van der Waals surface area contributed by atoms with Crippen LogP contribution in [0.2, 0.25) is 0 Å². The van der Waals surface area contributed by atoms with Crippen molar-refractivity contribution in [2.75, 3.05) is 37.9 Å². The second-order valence-corrected chi connectivity index (χ2v) is 16.2. The highest BCUT2D eigenvalue weighted by Gasteiger charge is 2.40. The summed E-state index contributed by atoms with van der Waals surface area (Å²) >= 11 is 0. The highest BCUT2D eigenvalue weighted by molar-refractivity contribution is 6.11. The van der Waals surface area contributed by atoms with Crippen molar-refractivity contribution in [1.29, 1.82) is 0 Å². The molecule has 2 fully saturated rings. The Kier molecular flexibility index (Phi) is 13.4. The number of nitrogens with one attached hydrogen (secondary N) is 4. The predicted molar refractivity (Wildman–Crippen MR) is 246 cm³/mol. The normalized spacial score (nSPS) is 16.7. The van der Waals surface area contributed by atoms with Crippen molar-refractivity contribution in [1.82, 2.24) is 25.0 Å². The number of amides is 6. The van der Waals surface area contributed by atoms with E-state index in [2.05, 4.69) is 38.0 Å². The number of hydrogen-bond donors (Lipinski definition) is 4. The minimum absolute atomic E-state index is 0.340. The summed E-state index contributed by atoms with van der Waals surface area (Å²) in [7, 11) is 2.46. The third-order valence-corrected chi connectivity index (χ3v) is 12.2. The van der Waals surface area contributed by atoms with Crippen molar-refractivity contribution in [2.45, 2.75) is 62.8 Å². The Morgan fingerprint density at radius 3 is 1.40 bits per heavy atom. The minimum Gasteiger partial charge on any atom is -0.453 e. The molecular weight excluding hydrogens is 827 g/mol. The molecule has 4 atom stereocenters. The van der Waals surface area contributed by atoms with Crippen molar-refractivity contribution in [3.8, 4) is 0 Å². The number of rotatable bonds is 13. The second kappa shape index (κ2) is 19.8. The van der Waals surface area contributed by atoms with Crippen LogP contribution in [0.4, 0.5) is 21.0 Å². The fraction of sp³-hybridized carbons (Fsp3) is 0.280. The Morgan fingerprint density at radius 2 is 0.985 bits per heavy atom. The van der Waals surface area contributed by atoms with Gasteiger partial charge in [0.15, 0.2) is 0 Å². The molecule has 6 amide bonds. The van der Waals surface area contributed by atoms with E-state index in [-0.39, 0.29) is 11.8 Å². The summed E-state index contributed by atoms with van der Waals surface area (Å²) < 4.78 is 11.8. The van der Waals surface area contributed by atoms with E-state index < -0.39 is 48.2 Å². The lowest BCUT2D eigenvalue weighted by Crippen LogP contribution is -2.48. The van der Waals surface area contributed by atoms with Crippen LogP contribution in [0.1, 0.15) is 54.5 Å². The Morgan fingerprint density at radius 1 is 0.569 bits per heavy atom. The summed E-state index contributed by atoms with van der Waals surface area (Å²) in [6.45, 7) is 1.28. The Labute approximate surface area is 376 Å². The van der Waals surface area contributed by atoms with Gasteiger partial charge in [0.1, 0.15) is 24.2 Å². The van der Waals surface area contributed by atoms with Crippen LogP contribution in [0.25, 0.3) is 21.8 Å². The standard InChI is InChI=1S/C50H51N7O8/c1-64-49(62)53-43(33-16-8-4-9-17-33)47(60)56-27-12-20-39(56)45(58)51-35-22-24-37-38-25-23-36(31-42(38)55(41(37)30-35)29-26-32-14-6-3-7-15-32)52-46(59)40-21-13-28-57(40)48(61)44(54-50(63)65-2)34-18-10-5-11-19-34/h3-11,14-19,22-25,30-31,39-40,43-44H,12-13,20-21,26-29H2,1-2H3,(H,51,58)(H,52,59)(H,53,62)(H,54,63)/t39-,40-,43+,44+/m0/s1. The molecule has 334 valence electrons. The van der Waals surface area contributed by atoms with Gasteiger partial charge in [-0.3, -0.25) is 19.2 Å². The van der Waals surface area contributed by atoms with Crippen LogP contribution in [-0.2, 0) is 41.6 Å². The molecule has 2 aliphatic rings. The maximum Gasteiger partial charge on any atom is 0.407 e. The first-order chi connectivity index (χ1) is 31.6. The number of alkyl carbamates (subject to hydrolysis) is 2. The van der Waals surface area contributed by atoms with Crippen molar-refractivity contribution in [3.05, 3.63) is 144 Å². The summed E-state index contributed by atoms with van der Waals surface area (Å²) in [6, 6.07) is 35.7. The van der Waals surface area contributed by atoms with E-state index in [0.717, 1.165) is 27.4 Å². The lowest BCUT2D eigenvalue weighted by Gasteiger charge is -2.28. The van der Waals surface area contributed by atoms with Gasteiger partial charge >= 0.3 is 12.2 Å². The predicted octanol–water partition coefficient (Wildman–Crippen LogP) is 7.09. The van der Waals surface area contributed by atoms with Gasteiger partial charge < -0.3 is 45.1 Å². The molecule has 2 aliphatic heterocycles. The summed E-state index contributed by atoms with van der Waals surface area (Å²) in [5.41, 5.74) is 5.10. The van der Waals surface area contributed by atoms with Gasteiger partial charge in [0, 0.05) is 41.8 Å². The van der Waals surface area contributed by atoms with Crippen LogP contribution in [0.3, 0.4) is 0 Å². The van der Waals surface area contributed by atoms with Gasteiger partial charge in [0.25, 0.3) is 11.8 Å². The quantitative estimate of drug-likeness (QED) is 0.0950. The van der Waals surface area contributed by atoms with Crippen LogP contribution in [0.15, 0.2) is 127 Å². The van der Waals surface area contributed by atoms with Crippen LogP contribution in [-0.4, -0.2) is 89.6 Å². The largest absolute Gasteiger partial charge is 0.453 e. The maximum atomic E-state index is 14.1. The van der Waals surface area contributed by atoms with Crippen LogP contribution < -0.4 is 21.3 Å². The molecule has 0 spiro atoms. The Balaban J connectivity index is 1.05. The third-order valence-electron chi connectivity index (χ3n) is 12.2. The van der Waals surface area contributed by atoms with Crippen molar-refractivity contribution >= 4 is 69.0 Å². The average Bonchev–Trinajstić information content (AvgIpc) is 4.11. The van der Waals surface area contributed by atoms with Gasteiger partial charge in [-0.05, 0) is 73.1 Å². The molecule has 0 aliphatic carbocycles. The van der Waals surface area contributed by atoms with Gasteiger partial charge in [0.2, 0.25) is 11.8 Å². The molecule has 2 saturated heterocycles. The number of carbonyl (C=O) groups excluding carboxylic acids is 6. The number of carbonyl (C=O) groups is 6. The number of likely N-dealkylation sites (tertiary alicyclic amines) is 2. The van der Waals surface area contributed by atoms with Crippen LogP contribution >= 0.6 is 0 Å². The Bertz CT molecular complexity index is 2550. The number of methoxy groups -OCH3 is 2. The molecular formula is C50H51N7O8. The van der Waals surface area contributed by atoms with E-state index >= 15 is 0 Å². The SMILES string of the molecule is COC(=O)N[C@@H](C(=O)N1CCC[C@H]1C(=O)Nc1ccc2c3ccc(NC(=O)[C@@H]4CCCN4C(=O)[C@H](NC(=O)OC)c4ccccc4)cc3n(CCc3ccccc3)c2c1)c1ccccc1. The van der Waals surface area contributed by atoms with Crippen molar-refractivity contribution in [3.63, 3.8) is 0 Å². The molecule has 0 unspecified atom stereocenters. The zero-order valence-electron chi connectivity index (χ0n) is 36.2. The Hall–Kier alpha value is -7.68. The van der Waals surface area contributed by atoms with E-state index in [0.29, 0.717) is 74.2 Å². The molecule has 5 aromatic carbocycles. The minimum atomic E-state index is -1.04. The molecule has 3 heterocycles. The molecule has 65 heavy (non-hydrogen) atoms. The summed E-state index contributed by atoms with van der Waals surface area (Å²) in [5.74, 6) is -1.49. The molecule has 6 aromatic rings. The summed E-state index contributed by atoms with van der Waals surface area (Å²) in [4.78, 5) is 83.8. The maximum absolute atomic E-state index is 14.1. The number of hydrogen-bond acceptors (Lipinski definition) is 8. The molecule has 15 nitrogen and oxygen atoms in total. The van der Waals surface area contributed by atoms with Crippen molar-refractivity contribution < 1.29 is 38.2 Å². The van der Waals surface area contributed by atoms with E-state index in [9.17, 15) is 28.8 Å². The fourth-order valence-electron chi connectivity index (χ4n) is 8.99. The molecule has 0 bridgehead atoms. The first-order valence-corrected chi connectivity index (χ1v) is 21.7. The highest BCUT2D eigenvalue weighted by atomic mass is 16.5. The topological polar surface area (TPSA) is 180 Å². The number of aromatic nitrogens is 1. The smallest absolute Gasteiger partial charge is 0.407 e. The van der Waals surface area contributed by atoms with Gasteiger partial charge in [-0.1, -0.05) is 103 Å². The number of anilines is 2. The fourth-order valence-corrected chi connectivity index (χ4v) is 8.99. The number of ether oxygens (including phenoxy) is 2. The van der Waals surface area contributed by atoms with E-state index in [4.69, 9.17) is 9.47 Å². The molecule has 15 heteroatoms. The number of benzene rings is 5. The van der Waals surface area contributed by atoms with Crippen LogP contribution in [0.5, 0.6) is 0 Å². The third kappa shape index (κ3) is 9.64. The van der Waals surface area contributed by atoms with E-state index in [1.165, 1.54) is 24.0 Å². The lowest BCUT2D eigenvalue weighted by atomic mass is 10.0. The zero-order chi connectivity index (χ0) is 45.5. The highest BCUT2D eigenvalue weighted by Crippen LogP contribution is 2.34. The number of aryl methyl sites for hydroxylation is 2. The number of nitrogens with zero attached hydrogens (tertiary/aromatic N) is 3. The molecule has 4 N–H and O–H groups in total. The summed E-state index contributed by atoms with van der Waals surface area (Å²) in [6.07, 6.45) is 1.33. The van der Waals surface area contributed by atoms with Gasteiger partial charge in [0.05, 0.1) is 25.3 Å². The summed E-state index contributed by atoms with van der Waals surface area (Å²) in [5, 5.41) is 13.3. The molecule has 0 saturated carbocycles. The number of fused-ring (bicyclic) bond motifs is 3. The molecule has 0 radical (unpaired) electrons. The lowest BCUT2D eigenvalue weighted by molar-refractivity contribution is -0.138. The molecule has 8 rings (SSSR count). The van der Waals surface area contributed by atoms with E-state index in [1.807, 2.05) is 66.7 Å². The van der Waals surface area contributed by atoms with Gasteiger partial charge in [-0.15, -0.1) is 0 Å². The average molecular weight is 878 g/mol. The molecule has 1 aromatic heterocycles. The van der Waals surface area contributed by atoms with Gasteiger partial charge in [-0.2, -0.15) is 0 Å². The van der Waals surface area contributed by atoms with Gasteiger partial charge in [-0.25, -0.2) is 9.59 Å². The first kappa shape index (κ1) is 43.9. The van der Waals surface area contributed by atoms with Crippen LogP contribution in [0, 0.1) is 0 Å². The first-order valence-electron chi connectivity index (χ1n) is 21.7.